The summed E-state index contributed by atoms with van der Waals surface area (Å²) in [6, 6.07) is 16.8. The molecule has 2 amide bonds. The molecule has 7 nitrogen and oxygen atoms in total. The van der Waals surface area contributed by atoms with E-state index in [4.69, 9.17) is 4.74 Å². The Labute approximate surface area is 232 Å². The van der Waals surface area contributed by atoms with E-state index in [0.717, 1.165) is 30.3 Å². The Morgan fingerprint density at radius 1 is 0.947 bits per heavy atom. The number of carbonyl (C=O) groups is 2. The summed E-state index contributed by atoms with van der Waals surface area (Å²) in [4.78, 5) is 28.6. The number of rotatable bonds is 16. The smallest absolute Gasteiger partial charge is 0.244 e. The zero-order valence-electron chi connectivity index (χ0n) is 22.8. The number of carbonyl (C=O) groups excluding carboxylic acids is 2. The van der Waals surface area contributed by atoms with Gasteiger partial charge in [0.1, 0.15) is 5.75 Å². The van der Waals surface area contributed by atoms with Gasteiger partial charge in [0, 0.05) is 49.8 Å². The molecule has 0 spiro atoms. The number of nitrogens with one attached hydrogen (secondary N) is 2. The van der Waals surface area contributed by atoms with E-state index in [1.54, 1.807) is 11.8 Å². The third kappa shape index (κ3) is 12.2. The topological polar surface area (TPSA) is 73.9 Å². The average molecular weight is 539 g/mol. The quantitative estimate of drug-likeness (QED) is 0.250. The van der Waals surface area contributed by atoms with E-state index in [0.29, 0.717) is 26.1 Å². The van der Waals surface area contributed by atoms with Crippen LogP contribution >= 0.6 is 11.8 Å². The van der Waals surface area contributed by atoms with Crippen LogP contribution < -0.4 is 15.4 Å². The number of ether oxygens (including phenoxy) is 1. The van der Waals surface area contributed by atoms with Gasteiger partial charge in [0.2, 0.25) is 11.8 Å². The van der Waals surface area contributed by atoms with E-state index in [-0.39, 0.29) is 11.8 Å². The van der Waals surface area contributed by atoms with Gasteiger partial charge in [0.15, 0.2) is 0 Å². The first-order chi connectivity index (χ1) is 18.5. The predicted octanol–water partition coefficient (Wildman–Crippen LogP) is 3.83. The fourth-order valence-corrected chi connectivity index (χ4v) is 5.10. The lowest BCUT2D eigenvalue weighted by atomic mass is 10.1. The summed E-state index contributed by atoms with van der Waals surface area (Å²) in [5.74, 6) is 2.04. The third-order valence-corrected chi connectivity index (χ3v) is 7.11. The molecule has 1 aliphatic heterocycles. The van der Waals surface area contributed by atoms with Crippen molar-refractivity contribution in [3.63, 3.8) is 0 Å². The molecular weight excluding hydrogens is 496 g/mol. The van der Waals surface area contributed by atoms with Gasteiger partial charge in [0.25, 0.3) is 0 Å². The van der Waals surface area contributed by atoms with Crippen LogP contribution in [0.5, 0.6) is 5.75 Å². The number of amides is 2. The number of benzene rings is 2. The summed E-state index contributed by atoms with van der Waals surface area (Å²) >= 11 is 1.78. The van der Waals surface area contributed by atoms with Gasteiger partial charge in [-0.25, -0.2) is 0 Å². The molecule has 0 aromatic heterocycles. The number of thioether (sulfide) groups is 1. The molecule has 3 rings (SSSR count). The van der Waals surface area contributed by atoms with Gasteiger partial charge in [-0.1, -0.05) is 36.4 Å². The van der Waals surface area contributed by atoms with E-state index in [1.165, 1.54) is 54.8 Å². The lowest BCUT2D eigenvalue weighted by Gasteiger charge is -2.15. The minimum atomic E-state index is -0.278. The van der Waals surface area contributed by atoms with E-state index in [2.05, 4.69) is 70.9 Å². The van der Waals surface area contributed by atoms with Crippen LogP contribution in [-0.2, 0) is 28.4 Å². The summed E-state index contributed by atoms with van der Waals surface area (Å²) in [6.45, 7) is 5.82. The minimum absolute atomic E-state index is 0.258. The SMILES string of the molecule is CN(C)Cc1cccc(CSCCNC(=O)C=CC(=O)NCCCOc2cccc(CN3CCCC3)c2)c1. The molecule has 2 aromatic carbocycles. The standard InChI is InChI=1S/C30H42N4O3S/c1-33(2)22-25-8-5-10-27(20-25)24-38-19-15-32-30(36)13-12-29(35)31-14-7-18-37-28-11-6-9-26(21-28)23-34-16-3-4-17-34/h5-6,8-13,20-21H,3-4,7,14-19,22-24H2,1-2H3,(H,31,35)(H,32,36). The average Bonchev–Trinajstić information content (AvgIpc) is 3.40. The van der Waals surface area contributed by atoms with Gasteiger partial charge in [-0.15, -0.1) is 0 Å². The monoisotopic (exact) mass is 538 g/mol. The summed E-state index contributed by atoms with van der Waals surface area (Å²) in [7, 11) is 4.13. The molecular formula is C30H42N4O3S. The second-order valence-corrected chi connectivity index (χ2v) is 11.0. The maximum absolute atomic E-state index is 12.0. The molecule has 0 radical (unpaired) electrons. The Balaban J connectivity index is 1.21. The Morgan fingerprint density at radius 3 is 2.39 bits per heavy atom. The molecule has 0 bridgehead atoms. The molecule has 1 saturated heterocycles. The van der Waals surface area contributed by atoms with Crippen molar-refractivity contribution in [1.82, 2.24) is 20.4 Å². The van der Waals surface area contributed by atoms with E-state index < -0.39 is 0 Å². The van der Waals surface area contributed by atoms with Crippen LogP contribution in [0.25, 0.3) is 0 Å². The van der Waals surface area contributed by atoms with Crippen LogP contribution in [0.1, 0.15) is 36.0 Å². The maximum Gasteiger partial charge on any atom is 0.244 e. The predicted molar refractivity (Wildman–Crippen MR) is 156 cm³/mol. The lowest BCUT2D eigenvalue weighted by molar-refractivity contribution is -0.118. The van der Waals surface area contributed by atoms with Gasteiger partial charge >= 0.3 is 0 Å². The number of hydrogen-bond acceptors (Lipinski definition) is 6. The van der Waals surface area contributed by atoms with Crippen molar-refractivity contribution in [2.24, 2.45) is 0 Å². The molecule has 38 heavy (non-hydrogen) atoms. The van der Waals surface area contributed by atoms with E-state index in [1.807, 2.05) is 12.1 Å². The van der Waals surface area contributed by atoms with Crippen molar-refractivity contribution in [1.29, 1.82) is 0 Å². The normalized spacial score (nSPS) is 13.8. The zero-order valence-corrected chi connectivity index (χ0v) is 23.6. The van der Waals surface area contributed by atoms with Crippen LogP contribution in [0.3, 0.4) is 0 Å². The Morgan fingerprint density at radius 2 is 1.63 bits per heavy atom. The van der Waals surface area contributed by atoms with E-state index in [9.17, 15) is 9.59 Å². The van der Waals surface area contributed by atoms with Crippen LogP contribution in [0.15, 0.2) is 60.7 Å². The first-order valence-electron chi connectivity index (χ1n) is 13.5. The summed E-state index contributed by atoms with van der Waals surface area (Å²) < 4.78 is 5.85. The van der Waals surface area contributed by atoms with Gasteiger partial charge in [-0.2, -0.15) is 11.8 Å². The Kier molecular flexibility index (Phi) is 13.2. The lowest BCUT2D eigenvalue weighted by Crippen LogP contribution is -2.26. The molecule has 206 valence electrons. The van der Waals surface area contributed by atoms with Crippen LogP contribution in [0.4, 0.5) is 0 Å². The Bertz CT molecular complexity index is 1040. The van der Waals surface area contributed by atoms with Gasteiger partial charge in [0.05, 0.1) is 6.61 Å². The fourth-order valence-electron chi connectivity index (χ4n) is 4.29. The molecule has 8 heteroatoms. The maximum atomic E-state index is 12.0. The molecule has 1 aliphatic rings. The van der Waals surface area contributed by atoms with Crippen molar-refractivity contribution in [2.75, 3.05) is 52.6 Å². The van der Waals surface area contributed by atoms with E-state index >= 15 is 0 Å². The highest BCUT2D eigenvalue weighted by molar-refractivity contribution is 7.98. The number of hydrogen-bond donors (Lipinski definition) is 2. The van der Waals surface area contributed by atoms with Crippen molar-refractivity contribution < 1.29 is 14.3 Å². The van der Waals surface area contributed by atoms with Crippen LogP contribution in [0, 0.1) is 0 Å². The second-order valence-electron chi connectivity index (χ2n) is 9.86. The Hall–Kier alpha value is -2.81. The number of likely N-dealkylation sites (tertiary alicyclic amines) is 1. The largest absolute Gasteiger partial charge is 0.494 e. The number of nitrogens with zero attached hydrogens (tertiary/aromatic N) is 2. The minimum Gasteiger partial charge on any atom is -0.494 e. The molecule has 0 aliphatic carbocycles. The fraction of sp³-hybridized carbons (Fsp3) is 0.467. The molecule has 0 unspecified atom stereocenters. The summed E-state index contributed by atoms with van der Waals surface area (Å²) in [5.41, 5.74) is 3.86. The van der Waals surface area contributed by atoms with Gasteiger partial charge < -0.3 is 20.3 Å². The highest BCUT2D eigenvalue weighted by atomic mass is 32.2. The van der Waals surface area contributed by atoms with Crippen molar-refractivity contribution >= 4 is 23.6 Å². The molecule has 1 fully saturated rings. The van der Waals surface area contributed by atoms with Crippen LogP contribution in [-0.4, -0.2) is 74.2 Å². The van der Waals surface area contributed by atoms with Gasteiger partial charge in [-0.3, -0.25) is 14.5 Å². The molecule has 2 aromatic rings. The zero-order chi connectivity index (χ0) is 27.0. The van der Waals surface area contributed by atoms with Crippen molar-refractivity contribution in [3.05, 3.63) is 77.4 Å². The molecule has 1 heterocycles. The molecule has 2 N–H and O–H groups in total. The van der Waals surface area contributed by atoms with Gasteiger partial charge in [-0.05, 0) is 75.3 Å². The second kappa shape index (κ2) is 16.9. The molecule has 0 saturated carbocycles. The van der Waals surface area contributed by atoms with Crippen LogP contribution in [0.2, 0.25) is 0 Å². The molecule has 0 atom stereocenters. The third-order valence-electron chi connectivity index (χ3n) is 6.08. The highest BCUT2D eigenvalue weighted by Gasteiger charge is 2.11. The first kappa shape index (κ1) is 29.7. The summed E-state index contributed by atoms with van der Waals surface area (Å²) in [5, 5.41) is 5.62. The first-order valence-corrected chi connectivity index (χ1v) is 14.6. The summed E-state index contributed by atoms with van der Waals surface area (Å²) in [6.07, 6.45) is 5.83. The highest BCUT2D eigenvalue weighted by Crippen LogP contribution is 2.18. The van der Waals surface area contributed by atoms with Crippen molar-refractivity contribution in [2.45, 2.75) is 38.1 Å². The van der Waals surface area contributed by atoms with Crippen molar-refractivity contribution in [3.8, 4) is 5.75 Å².